The maximum Gasteiger partial charge on any atom is 0.182 e. The van der Waals surface area contributed by atoms with Crippen LogP contribution in [0.4, 0.5) is 0 Å². The van der Waals surface area contributed by atoms with Crippen molar-refractivity contribution in [3.8, 4) is 0 Å². The van der Waals surface area contributed by atoms with Crippen molar-refractivity contribution in [3.63, 3.8) is 0 Å². The molecular weight excluding hydrogens is 274 g/mol. The molecule has 0 saturated heterocycles. The molecule has 60 valence electrons. The van der Waals surface area contributed by atoms with E-state index in [0.29, 0.717) is 10.7 Å². The summed E-state index contributed by atoms with van der Waals surface area (Å²) in [6.45, 7) is 0. The van der Waals surface area contributed by atoms with Gasteiger partial charge in [0.15, 0.2) is 5.43 Å². The van der Waals surface area contributed by atoms with Gasteiger partial charge in [0.25, 0.3) is 0 Å². The van der Waals surface area contributed by atoms with Crippen LogP contribution in [0, 0.1) is 0 Å². The summed E-state index contributed by atoms with van der Waals surface area (Å²) in [7, 11) is 0. The number of hydrogen-bond acceptors (Lipinski definition) is 1. The predicted octanol–water partition coefficient (Wildman–Crippen LogP) is 2.16. The topological polar surface area (TPSA) is 32.9 Å². The van der Waals surface area contributed by atoms with Crippen LogP contribution in [-0.4, -0.2) is 4.98 Å². The normalized spacial score (nSPS) is 10.0. The first-order valence-electron chi connectivity index (χ1n) is 3.10. The Hall–Kier alpha value is -0.0900. The fraction of sp³-hybridized carbons (Fsp3) is 0.286. The lowest BCUT2D eigenvalue weighted by Gasteiger charge is -1.98. The van der Waals surface area contributed by atoms with Crippen molar-refractivity contribution in [2.45, 2.75) is 10.7 Å². The van der Waals surface area contributed by atoms with Crippen LogP contribution in [0.15, 0.2) is 16.9 Å². The fourth-order valence-electron chi connectivity index (χ4n) is 0.807. The summed E-state index contributed by atoms with van der Waals surface area (Å²) in [4.78, 5) is 14.1. The molecule has 0 amide bonds. The molecule has 4 heteroatoms. The summed E-state index contributed by atoms with van der Waals surface area (Å²) in [6.07, 6.45) is 0. The van der Waals surface area contributed by atoms with E-state index in [4.69, 9.17) is 0 Å². The minimum atomic E-state index is 0.0488. The van der Waals surface area contributed by atoms with E-state index in [9.17, 15) is 4.79 Å². The highest BCUT2D eigenvalue weighted by molar-refractivity contribution is 9.08. The maximum absolute atomic E-state index is 11.0. The molecule has 0 saturated carbocycles. The largest absolute Gasteiger partial charge is 0.361 e. The van der Waals surface area contributed by atoms with Crippen LogP contribution in [0.2, 0.25) is 0 Å². The van der Waals surface area contributed by atoms with E-state index in [-0.39, 0.29) is 5.43 Å². The number of halogens is 2. The number of pyridine rings is 1. The second kappa shape index (κ2) is 4.07. The van der Waals surface area contributed by atoms with Crippen LogP contribution in [-0.2, 0) is 10.7 Å². The van der Waals surface area contributed by atoms with Gasteiger partial charge in [0.1, 0.15) is 0 Å². The van der Waals surface area contributed by atoms with Crippen LogP contribution in [0.3, 0.4) is 0 Å². The third-order valence-corrected chi connectivity index (χ3v) is 2.45. The first-order valence-corrected chi connectivity index (χ1v) is 5.34. The second-order valence-corrected chi connectivity index (χ2v) is 3.26. The van der Waals surface area contributed by atoms with Gasteiger partial charge in [0.2, 0.25) is 0 Å². The molecular formula is C7H7Br2NO. The third-order valence-electron chi connectivity index (χ3n) is 1.24. The molecule has 1 rings (SSSR count). The smallest absolute Gasteiger partial charge is 0.182 e. The average Bonchev–Trinajstić information content (AvgIpc) is 2.03. The lowest BCUT2D eigenvalue weighted by molar-refractivity contribution is 1.09. The Morgan fingerprint density at radius 2 is 1.64 bits per heavy atom. The first kappa shape index (κ1) is 9.00. The number of alkyl halides is 2. The number of hydrogen-bond donors (Lipinski definition) is 1. The average molecular weight is 281 g/mol. The van der Waals surface area contributed by atoms with Crippen molar-refractivity contribution in [3.05, 3.63) is 33.7 Å². The Bertz CT molecular complexity index is 269. The zero-order valence-corrected chi connectivity index (χ0v) is 8.91. The minimum Gasteiger partial charge on any atom is -0.361 e. The van der Waals surface area contributed by atoms with Crippen molar-refractivity contribution < 1.29 is 0 Å². The van der Waals surface area contributed by atoms with E-state index in [2.05, 4.69) is 36.8 Å². The second-order valence-electron chi connectivity index (χ2n) is 2.13. The van der Waals surface area contributed by atoms with Gasteiger partial charge < -0.3 is 4.98 Å². The van der Waals surface area contributed by atoms with Crippen LogP contribution in [0.25, 0.3) is 0 Å². The number of H-pyrrole nitrogens is 1. The van der Waals surface area contributed by atoms with E-state index < -0.39 is 0 Å². The zero-order chi connectivity index (χ0) is 8.27. The van der Waals surface area contributed by atoms with E-state index in [1.54, 1.807) is 12.1 Å². The molecule has 0 aliphatic rings. The van der Waals surface area contributed by atoms with Gasteiger partial charge in [-0.15, -0.1) is 0 Å². The quantitative estimate of drug-likeness (QED) is 0.828. The monoisotopic (exact) mass is 279 g/mol. The van der Waals surface area contributed by atoms with E-state index in [1.165, 1.54) is 0 Å². The SMILES string of the molecule is O=c1cc(CBr)[nH]c(CBr)c1. The van der Waals surface area contributed by atoms with Crippen molar-refractivity contribution in [1.82, 2.24) is 4.98 Å². The molecule has 2 nitrogen and oxygen atoms in total. The number of aromatic amines is 1. The molecule has 1 aromatic heterocycles. The number of rotatable bonds is 2. The van der Waals surface area contributed by atoms with Gasteiger partial charge in [-0.25, -0.2) is 0 Å². The van der Waals surface area contributed by atoms with Gasteiger partial charge in [0.05, 0.1) is 0 Å². The fourth-order valence-corrected chi connectivity index (χ4v) is 1.41. The molecule has 0 unspecified atom stereocenters. The maximum atomic E-state index is 11.0. The highest BCUT2D eigenvalue weighted by Crippen LogP contribution is 2.03. The van der Waals surface area contributed by atoms with Gasteiger partial charge in [-0.05, 0) is 0 Å². The third kappa shape index (κ3) is 2.45. The molecule has 0 atom stereocenters. The standard InChI is InChI=1S/C7H7Br2NO/c8-3-5-1-7(11)2-6(4-9)10-5/h1-2H,3-4H2,(H,10,11). The van der Waals surface area contributed by atoms with Gasteiger partial charge in [-0.2, -0.15) is 0 Å². The molecule has 11 heavy (non-hydrogen) atoms. The van der Waals surface area contributed by atoms with Gasteiger partial charge in [-0.3, -0.25) is 4.79 Å². The van der Waals surface area contributed by atoms with Crippen molar-refractivity contribution in [1.29, 1.82) is 0 Å². The van der Waals surface area contributed by atoms with Gasteiger partial charge >= 0.3 is 0 Å². The Morgan fingerprint density at radius 1 is 1.18 bits per heavy atom. The highest BCUT2D eigenvalue weighted by atomic mass is 79.9. The Balaban J connectivity index is 3.12. The van der Waals surface area contributed by atoms with E-state index in [0.717, 1.165) is 11.4 Å². The lowest BCUT2D eigenvalue weighted by atomic mass is 10.3. The van der Waals surface area contributed by atoms with Crippen molar-refractivity contribution in [2.75, 3.05) is 0 Å². The summed E-state index contributed by atoms with van der Waals surface area (Å²) in [6, 6.07) is 3.17. The Kier molecular flexibility index (Phi) is 3.33. The number of nitrogens with one attached hydrogen (secondary N) is 1. The molecule has 1 heterocycles. The molecule has 0 radical (unpaired) electrons. The van der Waals surface area contributed by atoms with Crippen molar-refractivity contribution in [2.24, 2.45) is 0 Å². The lowest BCUT2D eigenvalue weighted by Crippen LogP contribution is -2.04. The Labute approximate surface area is 81.3 Å². The van der Waals surface area contributed by atoms with Crippen molar-refractivity contribution >= 4 is 31.9 Å². The van der Waals surface area contributed by atoms with E-state index in [1.807, 2.05) is 0 Å². The molecule has 1 N–H and O–H groups in total. The van der Waals surface area contributed by atoms with Crippen LogP contribution in [0.5, 0.6) is 0 Å². The van der Waals surface area contributed by atoms with Crippen LogP contribution < -0.4 is 5.43 Å². The Morgan fingerprint density at radius 3 is 2.00 bits per heavy atom. The molecule has 0 fully saturated rings. The summed E-state index contributed by atoms with van der Waals surface area (Å²) >= 11 is 6.54. The van der Waals surface area contributed by atoms with Gasteiger partial charge in [-0.1, -0.05) is 31.9 Å². The van der Waals surface area contributed by atoms with Gasteiger partial charge in [0, 0.05) is 34.2 Å². The molecule has 0 aromatic carbocycles. The van der Waals surface area contributed by atoms with Crippen LogP contribution in [0.1, 0.15) is 11.4 Å². The van der Waals surface area contributed by atoms with E-state index >= 15 is 0 Å². The molecule has 0 aliphatic heterocycles. The number of aromatic nitrogens is 1. The first-order chi connectivity index (χ1) is 5.26. The van der Waals surface area contributed by atoms with Crippen LogP contribution >= 0.6 is 31.9 Å². The highest BCUT2D eigenvalue weighted by Gasteiger charge is 1.95. The molecule has 1 aromatic rings. The summed E-state index contributed by atoms with van der Waals surface area (Å²) < 4.78 is 0. The summed E-state index contributed by atoms with van der Waals surface area (Å²) in [5.41, 5.74) is 1.87. The molecule has 0 aliphatic carbocycles. The summed E-state index contributed by atoms with van der Waals surface area (Å²) in [5.74, 6) is 0. The molecule has 0 spiro atoms. The minimum absolute atomic E-state index is 0.0488. The molecule has 0 bridgehead atoms. The summed E-state index contributed by atoms with van der Waals surface area (Å²) in [5, 5.41) is 1.37. The zero-order valence-electron chi connectivity index (χ0n) is 5.73. The predicted molar refractivity (Wildman–Crippen MR) is 52.3 cm³/mol.